The van der Waals surface area contributed by atoms with E-state index in [0.717, 1.165) is 44.8 Å². The lowest BCUT2D eigenvalue weighted by Gasteiger charge is -2.35. The van der Waals surface area contributed by atoms with Gasteiger partial charge >= 0.3 is 0 Å². The van der Waals surface area contributed by atoms with Crippen LogP contribution in [0.3, 0.4) is 0 Å². The van der Waals surface area contributed by atoms with Gasteiger partial charge in [-0.05, 0) is 25.7 Å². The van der Waals surface area contributed by atoms with Crippen molar-refractivity contribution < 1.29 is 4.79 Å². The third-order valence-electron chi connectivity index (χ3n) is 4.34. The zero-order valence-corrected chi connectivity index (χ0v) is 13.4. The minimum Gasteiger partial charge on any atom is -0.353 e. The van der Waals surface area contributed by atoms with Crippen molar-refractivity contribution in [2.45, 2.75) is 32.1 Å². The summed E-state index contributed by atoms with van der Waals surface area (Å²) in [7, 11) is 0. The molecule has 1 fully saturated rings. The summed E-state index contributed by atoms with van der Waals surface area (Å²) in [6.45, 7) is 3.07. The predicted molar refractivity (Wildman–Crippen MR) is 87.0 cm³/mol. The fraction of sp³-hybridized carbons (Fsp3) is 0.562. The van der Waals surface area contributed by atoms with E-state index in [1.807, 2.05) is 4.90 Å². The number of aromatic nitrogens is 2. The van der Waals surface area contributed by atoms with Crippen LogP contribution in [0.2, 0.25) is 5.15 Å². The van der Waals surface area contributed by atoms with E-state index in [1.165, 1.54) is 24.7 Å². The van der Waals surface area contributed by atoms with E-state index in [0.29, 0.717) is 11.6 Å². The van der Waals surface area contributed by atoms with Crippen molar-refractivity contribution in [1.82, 2.24) is 14.9 Å². The molecular formula is C16H21ClN4O. The summed E-state index contributed by atoms with van der Waals surface area (Å²) in [6.07, 6.45) is 9.03. The topological polar surface area (TPSA) is 49.3 Å². The van der Waals surface area contributed by atoms with Crippen molar-refractivity contribution >= 4 is 23.3 Å². The third-order valence-corrected chi connectivity index (χ3v) is 4.55. The summed E-state index contributed by atoms with van der Waals surface area (Å²) in [4.78, 5) is 24.6. The first kappa shape index (κ1) is 15.3. The van der Waals surface area contributed by atoms with Crippen LogP contribution in [0.1, 0.15) is 32.1 Å². The molecule has 1 aromatic heterocycles. The number of hydrogen-bond donors (Lipinski definition) is 0. The van der Waals surface area contributed by atoms with E-state index in [4.69, 9.17) is 11.6 Å². The average Bonchev–Trinajstić information content (AvgIpc) is 2.56. The minimum atomic E-state index is 0.258. The number of allylic oxidation sites excluding steroid dienone is 1. The number of carbonyl (C=O) groups excluding carboxylic acids is 1. The molecule has 22 heavy (non-hydrogen) atoms. The molecule has 6 heteroatoms. The molecule has 0 bridgehead atoms. The van der Waals surface area contributed by atoms with Crippen LogP contribution in [0.4, 0.5) is 5.82 Å². The fourth-order valence-corrected chi connectivity index (χ4v) is 3.19. The van der Waals surface area contributed by atoms with E-state index in [2.05, 4.69) is 20.9 Å². The van der Waals surface area contributed by atoms with Crippen LogP contribution in [0, 0.1) is 0 Å². The van der Waals surface area contributed by atoms with Gasteiger partial charge in [0.05, 0.1) is 0 Å². The van der Waals surface area contributed by atoms with Crippen molar-refractivity contribution in [2.24, 2.45) is 0 Å². The maximum absolute atomic E-state index is 12.4. The molecule has 3 rings (SSSR count). The van der Waals surface area contributed by atoms with E-state index in [-0.39, 0.29) is 5.91 Å². The largest absolute Gasteiger partial charge is 0.353 e. The van der Waals surface area contributed by atoms with Crippen molar-refractivity contribution in [3.8, 4) is 0 Å². The Morgan fingerprint density at radius 3 is 2.68 bits per heavy atom. The van der Waals surface area contributed by atoms with Crippen LogP contribution in [0.15, 0.2) is 24.0 Å². The lowest BCUT2D eigenvalue weighted by Crippen LogP contribution is -2.49. The average molecular weight is 321 g/mol. The maximum Gasteiger partial charge on any atom is 0.226 e. The number of amides is 1. The number of nitrogens with zero attached hydrogens (tertiary/aromatic N) is 4. The zero-order chi connectivity index (χ0) is 15.4. The van der Waals surface area contributed by atoms with E-state index < -0.39 is 0 Å². The summed E-state index contributed by atoms with van der Waals surface area (Å²) in [5.74, 6) is 1.09. The highest BCUT2D eigenvalue weighted by atomic mass is 35.5. The molecule has 1 saturated heterocycles. The number of hydrogen-bond acceptors (Lipinski definition) is 4. The molecule has 0 N–H and O–H groups in total. The number of piperazine rings is 1. The second-order valence-electron chi connectivity index (χ2n) is 5.85. The predicted octanol–water partition coefficient (Wildman–Crippen LogP) is 2.67. The van der Waals surface area contributed by atoms with Crippen LogP contribution in [-0.2, 0) is 4.79 Å². The van der Waals surface area contributed by atoms with E-state index >= 15 is 0 Å². The Morgan fingerprint density at radius 2 is 2.00 bits per heavy atom. The molecule has 0 atom stereocenters. The fourth-order valence-electron chi connectivity index (χ4n) is 3.05. The van der Waals surface area contributed by atoms with Crippen molar-refractivity contribution in [2.75, 3.05) is 31.1 Å². The molecule has 0 aromatic carbocycles. The number of halogens is 1. The summed E-state index contributed by atoms with van der Waals surface area (Å²) in [5, 5.41) is 0.452. The SMILES string of the molecule is O=C(CC1=CCCCC1)N1CCN(c2cc(Cl)ncn2)CC1. The molecule has 2 aliphatic rings. The second kappa shape index (κ2) is 7.09. The van der Waals surface area contributed by atoms with E-state index in [1.54, 1.807) is 6.07 Å². The quantitative estimate of drug-likeness (QED) is 0.634. The van der Waals surface area contributed by atoms with Crippen molar-refractivity contribution in [3.63, 3.8) is 0 Å². The van der Waals surface area contributed by atoms with Crippen LogP contribution < -0.4 is 4.90 Å². The van der Waals surface area contributed by atoms with Gasteiger partial charge in [0.2, 0.25) is 5.91 Å². The Morgan fingerprint density at radius 1 is 1.18 bits per heavy atom. The Kier molecular flexibility index (Phi) is 4.93. The van der Waals surface area contributed by atoms with Gasteiger partial charge in [0.1, 0.15) is 17.3 Å². The Balaban J connectivity index is 1.53. The first-order chi connectivity index (χ1) is 10.7. The highest BCUT2D eigenvalue weighted by Gasteiger charge is 2.22. The lowest BCUT2D eigenvalue weighted by atomic mass is 9.97. The summed E-state index contributed by atoms with van der Waals surface area (Å²) < 4.78 is 0. The van der Waals surface area contributed by atoms with Gasteiger partial charge in [0.15, 0.2) is 0 Å². The number of anilines is 1. The molecule has 0 spiro atoms. The van der Waals surface area contributed by atoms with Crippen LogP contribution >= 0.6 is 11.6 Å². The summed E-state index contributed by atoms with van der Waals surface area (Å²) in [5.41, 5.74) is 1.32. The first-order valence-electron chi connectivity index (χ1n) is 7.90. The highest BCUT2D eigenvalue weighted by molar-refractivity contribution is 6.29. The molecule has 1 amide bonds. The Labute approximate surface area is 136 Å². The van der Waals surface area contributed by atoms with Crippen LogP contribution in [0.5, 0.6) is 0 Å². The van der Waals surface area contributed by atoms with Crippen molar-refractivity contribution in [3.05, 3.63) is 29.2 Å². The Hall–Kier alpha value is -1.62. The van der Waals surface area contributed by atoms with Gasteiger partial charge in [0, 0.05) is 38.7 Å². The van der Waals surface area contributed by atoms with Gasteiger partial charge < -0.3 is 9.80 Å². The lowest BCUT2D eigenvalue weighted by molar-refractivity contribution is -0.130. The van der Waals surface area contributed by atoms with Crippen molar-refractivity contribution in [1.29, 1.82) is 0 Å². The monoisotopic (exact) mass is 320 g/mol. The van der Waals surface area contributed by atoms with Gasteiger partial charge in [-0.3, -0.25) is 4.79 Å². The van der Waals surface area contributed by atoms with Crippen LogP contribution in [-0.4, -0.2) is 47.0 Å². The molecule has 0 saturated carbocycles. The summed E-state index contributed by atoms with van der Waals surface area (Å²) in [6, 6.07) is 1.77. The normalized spacial score (nSPS) is 19.0. The molecule has 1 aliphatic carbocycles. The van der Waals surface area contributed by atoms with Gasteiger partial charge in [0.25, 0.3) is 0 Å². The highest BCUT2D eigenvalue weighted by Crippen LogP contribution is 2.22. The standard InChI is InChI=1S/C16H21ClN4O/c17-14-11-15(19-12-18-14)20-6-8-21(9-7-20)16(22)10-13-4-2-1-3-5-13/h4,11-12H,1-3,5-10H2. The first-order valence-corrected chi connectivity index (χ1v) is 8.28. The van der Waals surface area contributed by atoms with Gasteiger partial charge in [-0.15, -0.1) is 0 Å². The smallest absolute Gasteiger partial charge is 0.226 e. The molecule has 118 valence electrons. The van der Waals surface area contributed by atoms with E-state index in [9.17, 15) is 4.79 Å². The third kappa shape index (κ3) is 3.77. The molecule has 1 aromatic rings. The molecular weight excluding hydrogens is 300 g/mol. The minimum absolute atomic E-state index is 0.258. The van der Waals surface area contributed by atoms with Gasteiger partial charge in [-0.2, -0.15) is 0 Å². The Bertz CT molecular complexity index is 567. The van der Waals surface area contributed by atoms with Gasteiger partial charge in [-0.25, -0.2) is 9.97 Å². The molecule has 1 aliphatic heterocycles. The molecule has 5 nitrogen and oxygen atoms in total. The molecule has 0 unspecified atom stereocenters. The molecule has 0 radical (unpaired) electrons. The second-order valence-corrected chi connectivity index (χ2v) is 6.24. The summed E-state index contributed by atoms with van der Waals surface area (Å²) >= 11 is 5.90. The molecule has 2 heterocycles. The number of rotatable bonds is 3. The maximum atomic E-state index is 12.4. The van der Waals surface area contributed by atoms with Crippen LogP contribution in [0.25, 0.3) is 0 Å². The zero-order valence-electron chi connectivity index (χ0n) is 12.7. The number of carbonyl (C=O) groups is 1. The van der Waals surface area contributed by atoms with Gasteiger partial charge in [-0.1, -0.05) is 23.3 Å².